The van der Waals surface area contributed by atoms with E-state index in [1.165, 1.54) is 18.9 Å². The maximum atomic E-state index is 12.7. The van der Waals surface area contributed by atoms with E-state index < -0.39 is 0 Å². The second kappa shape index (κ2) is 5.60. The molecule has 3 rings (SSSR count). The smallest absolute Gasteiger partial charge is 0.319 e. The number of rotatable bonds is 2. The lowest BCUT2D eigenvalue weighted by atomic mass is 9.96. The van der Waals surface area contributed by atoms with Gasteiger partial charge in [0.2, 0.25) is 6.79 Å². The van der Waals surface area contributed by atoms with Crippen LogP contribution in [0.4, 0.5) is 0 Å². The van der Waals surface area contributed by atoms with Crippen LogP contribution in [0.3, 0.4) is 0 Å². The molecule has 5 nitrogen and oxygen atoms in total. The first-order chi connectivity index (χ1) is 10.1. The zero-order chi connectivity index (χ0) is 15.0. The van der Waals surface area contributed by atoms with E-state index >= 15 is 0 Å². The average molecular weight is 308 g/mol. The van der Waals surface area contributed by atoms with Gasteiger partial charge in [-0.3, -0.25) is 9.59 Å². The van der Waals surface area contributed by atoms with Crippen LogP contribution in [0, 0.1) is 0 Å². The van der Waals surface area contributed by atoms with E-state index in [-0.39, 0.29) is 29.0 Å². The molecule has 0 fully saturated rings. The quantitative estimate of drug-likeness (QED) is 0.781. The summed E-state index contributed by atoms with van der Waals surface area (Å²) in [4.78, 5) is 24.6. The maximum absolute atomic E-state index is 12.7. The lowest BCUT2D eigenvalue weighted by Crippen LogP contribution is -2.24. The van der Waals surface area contributed by atoms with E-state index in [0.29, 0.717) is 29.9 Å². The summed E-state index contributed by atoms with van der Waals surface area (Å²) in [6.45, 7) is 2.11. The number of benzene rings is 1. The van der Waals surface area contributed by atoms with Crippen LogP contribution in [0.5, 0.6) is 11.5 Å². The van der Waals surface area contributed by atoms with Gasteiger partial charge in [0.15, 0.2) is 17.3 Å². The highest BCUT2D eigenvalue weighted by Gasteiger charge is 2.35. The molecule has 1 aromatic rings. The molecule has 0 spiro atoms. The van der Waals surface area contributed by atoms with Gasteiger partial charge in [0, 0.05) is 5.56 Å². The molecule has 0 radical (unpaired) electrons. The van der Waals surface area contributed by atoms with Gasteiger partial charge in [-0.25, -0.2) is 0 Å². The number of esters is 1. The second-order valence-electron chi connectivity index (χ2n) is 4.98. The standard InChI is InChI=1S/C15H16O5S/c1-3-12-14(16)9-6-11-10(19-7-20-11)4-8(9)5-13(21-12)15(17)18-2/h4,6,12-13H,3,5,7H2,1-2H3/t12-,13+/m0/s1. The van der Waals surface area contributed by atoms with Crippen LogP contribution in [-0.4, -0.2) is 36.2 Å². The van der Waals surface area contributed by atoms with E-state index in [9.17, 15) is 9.59 Å². The predicted octanol–water partition coefficient (Wildman–Crippen LogP) is 2.21. The first kappa shape index (κ1) is 14.3. The number of Topliss-reactive ketones (excluding diaryl/α,β-unsaturated/α-hetero) is 1. The largest absolute Gasteiger partial charge is 0.468 e. The minimum absolute atomic E-state index is 0.0437. The summed E-state index contributed by atoms with van der Waals surface area (Å²) in [6.07, 6.45) is 1.14. The van der Waals surface area contributed by atoms with Crippen molar-refractivity contribution in [3.05, 3.63) is 23.3 Å². The van der Waals surface area contributed by atoms with Gasteiger partial charge < -0.3 is 14.2 Å². The molecule has 2 aliphatic heterocycles. The molecule has 0 saturated heterocycles. The van der Waals surface area contributed by atoms with Crippen molar-refractivity contribution in [2.24, 2.45) is 0 Å². The van der Waals surface area contributed by atoms with Gasteiger partial charge >= 0.3 is 5.97 Å². The maximum Gasteiger partial charge on any atom is 0.319 e. The molecule has 21 heavy (non-hydrogen) atoms. The first-order valence-corrected chi connectivity index (χ1v) is 7.78. The van der Waals surface area contributed by atoms with Crippen LogP contribution in [0.2, 0.25) is 0 Å². The van der Waals surface area contributed by atoms with Gasteiger partial charge in [-0.2, -0.15) is 0 Å². The first-order valence-electron chi connectivity index (χ1n) is 6.84. The highest BCUT2D eigenvalue weighted by molar-refractivity contribution is 8.01. The van der Waals surface area contributed by atoms with Crippen LogP contribution in [0.15, 0.2) is 12.1 Å². The molecule has 0 amide bonds. The van der Waals surface area contributed by atoms with Crippen molar-refractivity contribution in [2.75, 3.05) is 13.9 Å². The Morgan fingerprint density at radius 2 is 2.10 bits per heavy atom. The monoisotopic (exact) mass is 308 g/mol. The summed E-state index contributed by atoms with van der Waals surface area (Å²) in [6, 6.07) is 3.55. The summed E-state index contributed by atoms with van der Waals surface area (Å²) >= 11 is 1.38. The van der Waals surface area contributed by atoms with Crippen molar-refractivity contribution in [1.29, 1.82) is 0 Å². The molecule has 6 heteroatoms. The third-order valence-corrected chi connectivity index (χ3v) is 5.29. The van der Waals surface area contributed by atoms with Crippen LogP contribution in [0.1, 0.15) is 29.3 Å². The van der Waals surface area contributed by atoms with Crippen LogP contribution < -0.4 is 9.47 Å². The zero-order valence-corrected chi connectivity index (χ0v) is 12.7. The van der Waals surface area contributed by atoms with Gasteiger partial charge in [-0.15, -0.1) is 11.8 Å². The highest BCUT2D eigenvalue weighted by Crippen LogP contribution is 2.40. The van der Waals surface area contributed by atoms with Crippen molar-refractivity contribution in [3.63, 3.8) is 0 Å². The molecular formula is C15H16O5S. The minimum atomic E-state index is -0.370. The van der Waals surface area contributed by atoms with E-state index in [2.05, 4.69) is 0 Å². The SMILES string of the molecule is CC[C@@H]1S[C@@H](C(=O)OC)Cc2cc3c(cc2C1=O)OCO3. The van der Waals surface area contributed by atoms with Gasteiger partial charge in [-0.05, 0) is 30.5 Å². The molecule has 2 aliphatic rings. The van der Waals surface area contributed by atoms with Crippen molar-refractivity contribution < 1.29 is 23.8 Å². The number of ether oxygens (including phenoxy) is 3. The van der Waals surface area contributed by atoms with E-state index in [1.807, 2.05) is 13.0 Å². The summed E-state index contributed by atoms with van der Waals surface area (Å²) in [5, 5.41) is -0.610. The van der Waals surface area contributed by atoms with Crippen molar-refractivity contribution >= 4 is 23.5 Å². The van der Waals surface area contributed by atoms with Crippen molar-refractivity contribution in [1.82, 2.24) is 0 Å². The number of thioether (sulfide) groups is 1. The fraction of sp³-hybridized carbons (Fsp3) is 0.467. The number of fused-ring (bicyclic) bond motifs is 2. The van der Waals surface area contributed by atoms with Gasteiger partial charge in [0.25, 0.3) is 0 Å². The summed E-state index contributed by atoms with van der Waals surface area (Å²) in [7, 11) is 1.37. The summed E-state index contributed by atoms with van der Waals surface area (Å²) in [5.41, 5.74) is 1.45. The molecule has 0 aliphatic carbocycles. The highest BCUT2D eigenvalue weighted by atomic mass is 32.2. The van der Waals surface area contributed by atoms with E-state index in [4.69, 9.17) is 14.2 Å². The number of methoxy groups -OCH3 is 1. The van der Waals surface area contributed by atoms with Crippen LogP contribution in [-0.2, 0) is 16.0 Å². The molecule has 112 valence electrons. The van der Waals surface area contributed by atoms with Crippen LogP contribution in [0.25, 0.3) is 0 Å². The summed E-state index contributed by atoms with van der Waals surface area (Å²) < 4.78 is 15.6. The number of ketones is 1. The Morgan fingerprint density at radius 3 is 2.76 bits per heavy atom. The second-order valence-corrected chi connectivity index (χ2v) is 6.39. The molecule has 0 N–H and O–H groups in total. The lowest BCUT2D eigenvalue weighted by Gasteiger charge is -2.15. The normalized spacial score (nSPS) is 23.4. The Balaban J connectivity index is 2.05. The molecule has 0 unspecified atom stereocenters. The van der Waals surface area contributed by atoms with Gasteiger partial charge in [0.05, 0.1) is 12.4 Å². The predicted molar refractivity (Wildman–Crippen MR) is 78.1 cm³/mol. The fourth-order valence-electron chi connectivity index (χ4n) is 2.62. The molecular weight excluding hydrogens is 292 g/mol. The Kier molecular flexibility index (Phi) is 3.80. The minimum Gasteiger partial charge on any atom is -0.468 e. The van der Waals surface area contributed by atoms with E-state index in [0.717, 1.165) is 5.56 Å². The van der Waals surface area contributed by atoms with Crippen molar-refractivity contribution in [3.8, 4) is 11.5 Å². The summed E-state index contributed by atoms with van der Waals surface area (Å²) in [5.74, 6) is 0.975. The molecule has 0 bridgehead atoms. The topological polar surface area (TPSA) is 61.8 Å². The molecule has 0 saturated carbocycles. The molecule has 0 aromatic heterocycles. The van der Waals surface area contributed by atoms with Gasteiger partial charge in [-0.1, -0.05) is 6.92 Å². The van der Waals surface area contributed by atoms with Crippen molar-refractivity contribution in [2.45, 2.75) is 30.3 Å². The number of carbonyl (C=O) groups excluding carboxylic acids is 2. The number of hydrogen-bond acceptors (Lipinski definition) is 6. The average Bonchev–Trinajstić information content (AvgIpc) is 2.90. The molecule has 2 atom stereocenters. The third-order valence-electron chi connectivity index (χ3n) is 3.73. The Hall–Kier alpha value is -1.69. The third kappa shape index (κ3) is 2.48. The molecule has 2 heterocycles. The Bertz CT molecular complexity index is 598. The number of carbonyl (C=O) groups is 2. The number of hydrogen-bond donors (Lipinski definition) is 0. The lowest BCUT2D eigenvalue weighted by molar-refractivity contribution is -0.139. The Morgan fingerprint density at radius 1 is 1.38 bits per heavy atom. The van der Waals surface area contributed by atoms with Gasteiger partial charge in [0.1, 0.15) is 5.25 Å². The fourth-order valence-corrected chi connectivity index (χ4v) is 3.94. The van der Waals surface area contributed by atoms with Crippen LogP contribution >= 0.6 is 11.8 Å². The zero-order valence-electron chi connectivity index (χ0n) is 11.9. The molecule has 1 aromatic carbocycles. The van der Waals surface area contributed by atoms with E-state index in [1.54, 1.807) is 6.07 Å². The Labute approximate surface area is 126 Å².